The van der Waals surface area contributed by atoms with Crippen molar-refractivity contribution in [1.82, 2.24) is 14.5 Å². The first-order valence-electron chi connectivity index (χ1n) is 8.50. The monoisotopic (exact) mass is 373 g/mol. The summed E-state index contributed by atoms with van der Waals surface area (Å²) in [5.74, 6) is 0.597. The second-order valence-corrected chi connectivity index (χ2v) is 7.18. The highest BCUT2D eigenvalue weighted by molar-refractivity contribution is 7.28. The first-order valence-corrected chi connectivity index (χ1v) is 9.46. The van der Waals surface area contributed by atoms with Gasteiger partial charge in [0.2, 0.25) is 0 Å². The summed E-state index contributed by atoms with van der Waals surface area (Å²) in [5.41, 5.74) is 0.940. The van der Waals surface area contributed by atoms with Crippen LogP contribution in [0.4, 0.5) is 0 Å². The summed E-state index contributed by atoms with van der Waals surface area (Å²) in [5, 5.41) is 3.02. The Morgan fingerprint density at radius 3 is 2.64 bits per heavy atom. The summed E-state index contributed by atoms with van der Waals surface area (Å²) in [6.45, 7) is 2.95. The lowest BCUT2D eigenvalue weighted by atomic mass is 10.1. The van der Waals surface area contributed by atoms with Gasteiger partial charge in [-0.3, -0.25) is 4.79 Å². The zero-order chi connectivity index (χ0) is 17.8. The smallest absolute Gasteiger partial charge is 0.258 e. The van der Waals surface area contributed by atoms with E-state index in [1.807, 2.05) is 24.4 Å². The number of nitrogens with zero attached hydrogens (tertiary/aromatic N) is 3. The lowest BCUT2D eigenvalue weighted by molar-refractivity contribution is 0.573. The van der Waals surface area contributed by atoms with E-state index in [0.29, 0.717) is 10.8 Å². The maximum Gasteiger partial charge on any atom is 0.258 e. The van der Waals surface area contributed by atoms with Crippen LogP contribution in [0.5, 0.6) is 0 Å². The number of halogens is 1. The quantitative estimate of drug-likeness (QED) is 0.480. The second-order valence-electron chi connectivity index (χ2n) is 6.13. The Morgan fingerprint density at radius 2 is 1.92 bits per heavy atom. The number of unbranched alkanes of at least 4 members (excludes halogenated alkanes) is 3. The number of aryl methyl sites for hydroxylation is 1. The van der Waals surface area contributed by atoms with Crippen LogP contribution in [0.15, 0.2) is 41.6 Å². The van der Waals surface area contributed by atoms with Crippen molar-refractivity contribution in [3.05, 3.63) is 52.2 Å². The molecule has 25 heavy (non-hydrogen) atoms. The Bertz CT molecular complexity index is 938. The third-order valence-corrected chi connectivity index (χ3v) is 4.93. The summed E-state index contributed by atoms with van der Waals surface area (Å²) in [6.07, 6.45) is 9.62. The maximum absolute atomic E-state index is 12.7. The van der Waals surface area contributed by atoms with Gasteiger partial charge in [0.25, 0.3) is 5.56 Å². The Balaban J connectivity index is 1.96. The molecule has 0 bridgehead atoms. The van der Waals surface area contributed by atoms with Gasteiger partial charge in [-0.05, 0) is 35.3 Å². The average Bonchev–Trinajstić information content (AvgIpc) is 2.61. The van der Waals surface area contributed by atoms with Gasteiger partial charge in [-0.25, -0.2) is 9.97 Å². The van der Waals surface area contributed by atoms with E-state index in [1.54, 1.807) is 17.0 Å². The normalized spacial score (nSPS) is 11.2. The van der Waals surface area contributed by atoms with Crippen LogP contribution in [0.2, 0.25) is 5.02 Å². The van der Waals surface area contributed by atoms with Gasteiger partial charge in [0.15, 0.2) is 5.82 Å². The Hall–Kier alpha value is -1.77. The fourth-order valence-corrected chi connectivity index (χ4v) is 3.36. The predicted molar refractivity (Wildman–Crippen MR) is 108 cm³/mol. The Kier molecular flexibility index (Phi) is 5.82. The van der Waals surface area contributed by atoms with Crippen LogP contribution < -0.4 is 10.9 Å². The van der Waals surface area contributed by atoms with E-state index in [2.05, 4.69) is 26.1 Å². The second kappa shape index (κ2) is 8.07. The summed E-state index contributed by atoms with van der Waals surface area (Å²) in [7, 11) is 2.67. The highest BCUT2D eigenvalue weighted by atomic mass is 35.5. The van der Waals surface area contributed by atoms with E-state index in [4.69, 9.17) is 11.6 Å². The summed E-state index contributed by atoms with van der Waals surface area (Å²) in [4.78, 5) is 21.3. The molecule has 6 heteroatoms. The molecule has 0 saturated carbocycles. The molecule has 3 aromatic rings. The Labute approximate surface area is 154 Å². The zero-order valence-electron chi connectivity index (χ0n) is 14.2. The molecule has 1 unspecified atom stereocenters. The third kappa shape index (κ3) is 4.08. The number of benzene rings is 1. The van der Waals surface area contributed by atoms with Crippen molar-refractivity contribution < 1.29 is 0 Å². The first kappa shape index (κ1) is 18.0. The lowest BCUT2D eigenvalue weighted by Gasteiger charge is -2.10. The van der Waals surface area contributed by atoms with E-state index in [-0.39, 0.29) is 5.56 Å². The van der Waals surface area contributed by atoms with Gasteiger partial charge in [-0.2, -0.15) is 0 Å². The lowest BCUT2D eigenvalue weighted by Crippen LogP contribution is -2.20. The summed E-state index contributed by atoms with van der Waals surface area (Å²) < 4.78 is 1.81. The predicted octanol–water partition coefficient (Wildman–Crippen LogP) is 4.19. The molecule has 1 atom stereocenters. The largest absolute Gasteiger partial charge is 0.315 e. The van der Waals surface area contributed by atoms with Crippen LogP contribution in [0.1, 0.15) is 32.6 Å². The molecule has 130 valence electrons. The van der Waals surface area contributed by atoms with Gasteiger partial charge in [0.05, 0.1) is 5.02 Å². The van der Waals surface area contributed by atoms with E-state index < -0.39 is 0 Å². The number of aromatic nitrogens is 3. The molecule has 0 aliphatic rings. The number of rotatable bonds is 6. The molecule has 1 aromatic carbocycles. The number of pyridine rings is 1. The van der Waals surface area contributed by atoms with E-state index in [1.165, 1.54) is 12.8 Å². The van der Waals surface area contributed by atoms with Crippen LogP contribution >= 0.6 is 20.8 Å². The highest BCUT2D eigenvalue weighted by Gasteiger charge is 2.10. The number of hydrogen-bond acceptors (Lipinski definition) is 3. The molecule has 0 spiro atoms. The van der Waals surface area contributed by atoms with Gasteiger partial charge >= 0.3 is 0 Å². The molecule has 4 nitrogen and oxygen atoms in total. The molecule has 0 saturated heterocycles. The minimum Gasteiger partial charge on any atom is -0.315 e. The molecule has 0 aliphatic heterocycles. The van der Waals surface area contributed by atoms with Crippen molar-refractivity contribution >= 4 is 36.9 Å². The van der Waals surface area contributed by atoms with Crippen molar-refractivity contribution in [2.24, 2.45) is 0 Å². The third-order valence-electron chi connectivity index (χ3n) is 4.26. The van der Waals surface area contributed by atoms with Gasteiger partial charge in [-0.1, -0.05) is 37.8 Å². The topological polar surface area (TPSA) is 47.8 Å². The zero-order valence-corrected chi connectivity index (χ0v) is 16.1. The van der Waals surface area contributed by atoms with E-state index in [9.17, 15) is 4.79 Å². The molecular formula is C19H21ClN3OP. The summed E-state index contributed by atoms with van der Waals surface area (Å²) >= 11 is 5.86. The molecule has 0 fully saturated rings. The molecule has 2 aromatic heterocycles. The molecule has 0 aliphatic carbocycles. The van der Waals surface area contributed by atoms with Crippen LogP contribution in [-0.2, 0) is 6.54 Å². The van der Waals surface area contributed by atoms with Gasteiger partial charge in [-0.15, -0.1) is 9.24 Å². The van der Waals surface area contributed by atoms with Crippen molar-refractivity contribution in [3.8, 4) is 11.4 Å². The maximum atomic E-state index is 12.7. The van der Waals surface area contributed by atoms with E-state index in [0.717, 1.165) is 41.0 Å². The van der Waals surface area contributed by atoms with Crippen LogP contribution in [0, 0.1) is 0 Å². The van der Waals surface area contributed by atoms with Crippen molar-refractivity contribution in [2.45, 2.75) is 39.2 Å². The fourth-order valence-electron chi connectivity index (χ4n) is 2.88. The van der Waals surface area contributed by atoms with Gasteiger partial charge in [0.1, 0.15) is 0 Å². The number of fused-ring (bicyclic) bond motifs is 1. The molecule has 0 N–H and O–H groups in total. The molecule has 3 rings (SSSR count). The van der Waals surface area contributed by atoms with E-state index >= 15 is 0 Å². The SMILES string of the molecule is CCCCCCn1ccc2cc(-c3ncc(Cl)cn3)c(P)cc2c1=O. The van der Waals surface area contributed by atoms with Crippen molar-refractivity contribution in [1.29, 1.82) is 0 Å². The Morgan fingerprint density at radius 1 is 1.16 bits per heavy atom. The fraction of sp³-hybridized carbons (Fsp3) is 0.316. The van der Waals surface area contributed by atoms with Crippen LogP contribution in [0.25, 0.3) is 22.2 Å². The van der Waals surface area contributed by atoms with Gasteiger partial charge in [0, 0.05) is 36.1 Å². The van der Waals surface area contributed by atoms with Gasteiger partial charge < -0.3 is 4.57 Å². The van der Waals surface area contributed by atoms with Crippen LogP contribution in [-0.4, -0.2) is 14.5 Å². The minimum atomic E-state index is 0.0567. The molecular weight excluding hydrogens is 353 g/mol. The molecule has 2 heterocycles. The molecule has 0 radical (unpaired) electrons. The standard InChI is InChI=1S/C19H21ClN3OP/c1-2-3-4-5-7-23-8-6-13-9-16(17(25)10-15(13)19(23)24)18-21-11-14(20)12-22-18/h6,8-12H,2-5,7,25H2,1H3. The summed E-state index contributed by atoms with van der Waals surface area (Å²) in [6, 6.07) is 5.85. The van der Waals surface area contributed by atoms with Crippen molar-refractivity contribution in [2.75, 3.05) is 0 Å². The first-order chi connectivity index (χ1) is 12.1. The minimum absolute atomic E-state index is 0.0567. The average molecular weight is 374 g/mol. The van der Waals surface area contributed by atoms with Crippen molar-refractivity contribution in [3.63, 3.8) is 0 Å². The molecule has 0 amide bonds. The highest BCUT2D eigenvalue weighted by Crippen LogP contribution is 2.21. The number of hydrogen-bond donors (Lipinski definition) is 0. The van der Waals surface area contributed by atoms with Crippen LogP contribution in [0.3, 0.4) is 0 Å².